The van der Waals surface area contributed by atoms with Gasteiger partial charge in [0.2, 0.25) is 0 Å². The van der Waals surface area contributed by atoms with E-state index in [1.54, 1.807) is 0 Å². The maximum Gasteiger partial charge on any atom is 0.0468 e. The van der Waals surface area contributed by atoms with Gasteiger partial charge >= 0.3 is 0 Å². The van der Waals surface area contributed by atoms with Gasteiger partial charge in [0.1, 0.15) is 0 Å². The third kappa shape index (κ3) is 5.55. The molecule has 0 aromatic rings. The van der Waals surface area contributed by atoms with Crippen LogP contribution in [0.2, 0.25) is 0 Å². The number of hydrogen-bond acceptors (Lipinski definition) is 1. The van der Waals surface area contributed by atoms with E-state index >= 15 is 0 Å². The maximum atomic E-state index is 5.67. The highest BCUT2D eigenvalue weighted by Gasteiger charge is 2.22. The molecule has 2 unspecified atom stereocenters. The van der Waals surface area contributed by atoms with Gasteiger partial charge in [-0.15, -0.1) is 0 Å². The quantitative estimate of drug-likeness (QED) is 0.542. The lowest BCUT2D eigenvalue weighted by molar-refractivity contribution is 0.116. The average molecular weight is 212 g/mol. The highest BCUT2D eigenvalue weighted by atomic mass is 16.5. The lowest BCUT2D eigenvalue weighted by Gasteiger charge is -2.10. The average Bonchev–Trinajstić information content (AvgIpc) is 2.71. The van der Waals surface area contributed by atoms with E-state index in [0.29, 0.717) is 0 Å². The minimum absolute atomic E-state index is 0.973. The summed E-state index contributed by atoms with van der Waals surface area (Å²) in [5.74, 6) is 2.00. The molecule has 1 nitrogen and oxygen atoms in total. The molecule has 0 amide bonds. The van der Waals surface area contributed by atoms with E-state index in [4.69, 9.17) is 4.74 Å². The monoisotopic (exact) mass is 212 g/mol. The van der Waals surface area contributed by atoms with Gasteiger partial charge < -0.3 is 4.74 Å². The van der Waals surface area contributed by atoms with Gasteiger partial charge in [0, 0.05) is 13.2 Å². The first-order valence-corrected chi connectivity index (χ1v) is 6.94. The van der Waals surface area contributed by atoms with Gasteiger partial charge in [-0.1, -0.05) is 46.0 Å². The Morgan fingerprint density at radius 2 is 1.80 bits per heavy atom. The van der Waals surface area contributed by atoms with Crippen LogP contribution in [0.25, 0.3) is 0 Å². The first kappa shape index (κ1) is 13.0. The molecule has 1 aliphatic rings. The van der Waals surface area contributed by atoms with Crippen molar-refractivity contribution in [2.75, 3.05) is 13.2 Å². The number of hydrogen-bond donors (Lipinski definition) is 0. The van der Waals surface area contributed by atoms with E-state index < -0.39 is 0 Å². The van der Waals surface area contributed by atoms with Crippen LogP contribution in [0.4, 0.5) is 0 Å². The van der Waals surface area contributed by atoms with Crippen molar-refractivity contribution in [1.29, 1.82) is 0 Å². The van der Waals surface area contributed by atoms with Crippen molar-refractivity contribution in [1.82, 2.24) is 0 Å². The normalized spacial score (nSPS) is 26.0. The second-order valence-corrected chi connectivity index (χ2v) is 5.06. The Bertz CT molecular complexity index is 144. The summed E-state index contributed by atoms with van der Waals surface area (Å²) in [5.41, 5.74) is 0. The summed E-state index contributed by atoms with van der Waals surface area (Å²) in [4.78, 5) is 0. The van der Waals surface area contributed by atoms with Crippen LogP contribution in [-0.4, -0.2) is 13.2 Å². The van der Waals surface area contributed by atoms with Gasteiger partial charge in [-0.25, -0.2) is 0 Å². The maximum absolute atomic E-state index is 5.67. The van der Waals surface area contributed by atoms with Crippen molar-refractivity contribution in [3.63, 3.8) is 0 Å². The molecule has 15 heavy (non-hydrogen) atoms. The van der Waals surface area contributed by atoms with Crippen LogP contribution in [0.5, 0.6) is 0 Å². The second kappa shape index (κ2) is 8.15. The second-order valence-electron chi connectivity index (χ2n) is 5.06. The minimum Gasteiger partial charge on any atom is -0.381 e. The number of ether oxygens (including phenoxy) is 1. The molecule has 0 bridgehead atoms. The zero-order valence-corrected chi connectivity index (χ0v) is 10.6. The summed E-state index contributed by atoms with van der Waals surface area (Å²) < 4.78 is 5.67. The summed E-state index contributed by atoms with van der Waals surface area (Å²) in [7, 11) is 0. The molecule has 0 spiro atoms. The Hall–Kier alpha value is -0.0400. The Balaban J connectivity index is 1.88. The van der Waals surface area contributed by atoms with Crippen molar-refractivity contribution in [3.8, 4) is 0 Å². The van der Waals surface area contributed by atoms with Crippen molar-refractivity contribution >= 4 is 0 Å². The predicted octanol–water partition coefficient (Wildman–Crippen LogP) is 4.41. The van der Waals surface area contributed by atoms with E-state index in [1.807, 2.05) is 0 Å². The van der Waals surface area contributed by atoms with E-state index in [2.05, 4.69) is 13.8 Å². The number of rotatable bonds is 8. The zero-order valence-electron chi connectivity index (χ0n) is 10.6. The van der Waals surface area contributed by atoms with E-state index in [1.165, 1.54) is 51.4 Å². The molecule has 1 saturated carbocycles. The third-order valence-electron chi connectivity index (χ3n) is 3.79. The Labute approximate surface area is 95.6 Å². The molecule has 0 aliphatic heterocycles. The van der Waals surface area contributed by atoms with Crippen molar-refractivity contribution in [2.45, 2.75) is 65.2 Å². The van der Waals surface area contributed by atoms with Crippen molar-refractivity contribution in [2.24, 2.45) is 11.8 Å². The molecule has 0 heterocycles. The fourth-order valence-electron chi connectivity index (χ4n) is 2.62. The van der Waals surface area contributed by atoms with Crippen LogP contribution in [0.3, 0.4) is 0 Å². The molecule has 0 aromatic heterocycles. The van der Waals surface area contributed by atoms with Crippen LogP contribution >= 0.6 is 0 Å². The molecular weight excluding hydrogens is 184 g/mol. The SMILES string of the molecule is CCCCCOCCC1CCC(CC)C1. The molecule has 1 rings (SSSR count). The van der Waals surface area contributed by atoms with Gasteiger partial charge in [-0.3, -0.25) is 0 Å². The Morgan fingerprint density at radius 1 is 1.00 bits per heavy atom. The van der Waals surface area contributed by atoms with E-state index in [-0.39, 0.29) is 0 Å². The zero-order chi connectivity index (χ0) is 10.9. The first-order chi connectivity index (χ1) is 7.36. The van der Waals surface area contributed by atoms with Gasteiger partial charge in [0.25, 0.3) is 0 Å². The van der Waals surface area contributed by atoms with Gasteiger partial charge in [0.15, 0.2) is 0 Å². The topological polar surface area (TPSA) is 9.23 Å². The lowest BCUT2D eigenvalue weighted by atomic mass is 10.0. The van der Waals surface area contributed by atoms with Crippen LogP contribution in [0, 0.1) is 11.8 Å². The molecule has 0 N–H and O–H groups in total. The van der Waals surface area contributed by atoms with E-state index in [9.17, 15) is 0 Å². The van der Waals surface area contributed by atoms with Crippen LogP contribution in [0.15, 0.2) is 0 Å². The Kier molecular flexibility index (Phi) is 7.08. The van der Waals surface area contributed by atoms with Gasteiger partial charge in [-0.2, -0.15) is 0 Å². The number of unbranched alkanes of at least 4 members (excludes halogenated alkanes) is 2. The molecule has 2 atom stereocenters. The van der Waals surface area contributed by atoms with Gasteiger partial charge in [0.05, 0.1) is 0 Å². The molecule has 1 heteroatoms. The molecule has 1 fully saturated rings. The molecule has 1 aliphatic carbocycles. The summed E-state index contributed by atoms with van der Waals surface area (Å²) >= 11 is 0. The third-order valence-corrected chi connectivity index (χ3v) is 3.79. The Morgan fingerprint density at radius 3 is 2.47 bits per heavy atom. The first-order valence-electron chi connectivity index (χ1n) is 6.94. The fraction of sp³-hybridized carbons (Fsp3) is 1.00. The highest BCUT2D eigenvalue weighted by molar-refractivity contribution is 4.74. The summed E-state index contributed by atoms with van der Waals surface area (Å²) in [6.45, 7) is 6.56. The smallest absolute Gasteiger partial charge is 0.0468 e. The standard InChI is InChI=1S/C14H28O/c1-3-5-6-10-15-11-9-14-8-7-13(4-2)12-14/h13-14H,3-12H2,1-2H3. The van der Waals surface area contributed by atoms with Crippen LogP contribution < -0.4 is 0 Å². The minimum atomic E-state index is 0.973. The van der Waals surface area contributed by atoms with E-state index in [0.717, 1.165) is 25.0 Å². The predicted molar refractivity (Wildman–Crippen MR) is 66.1 cm³/mol. The molecule has 0 aromatic carbocycles. The van der Waals surface area contributed by atoms with Crippen LogP contribution in [0.1, 0.15) is 65.2 Å². The van der Waals surface area contributed by atoms with Crippen molar-refractivity contribution in [3.05, 3.63) is 0 Å². The largest absolute Gasteiger partial charge is 0.381 e. The molecular formula is C14H28O. The van der Waals surface area contributed by atoms with Crippen LogP contribution in [-0.2, 0) is 4.74 Å². The molecule has 0 saturated heterocycles. The fourth-order valence-corrected chi connectivity index (χ4v) is 2.62. The van der Waals surface area contributed by atoms with Crippen molar-refractivity contribution < 1.29 is 4.74 Å². The summed E-state index contributed by atoms with van der Waals surface area (Å²) in [6, 6.07) is 0. The van der Waals surface area contributed by atoms with Gasteiger partial charge in [-0.05, 0) is 31.1 Å². The summed E-state index contributed by atoms with van der Waals surface area (Å²) in [6.07, 6.45) is 10.9. The molecule has 90 valence electrons. The molecule has 0 radical (unpaired) electrons. The lowest BCUT2D eigenvalue weighted by Crippen LogP contribution is -2.03. The highest BCUT2D eigenvalue weighted by Crippen LogP contribution is 2.34. The summed E-state index contributed by atoms with van der Waals surface area (Å²) in [5, 5.41) is 0.